The van der Waals surface area contributed by atoms with Gasteiger partial charge in [-0.2, -0.15) is 0 Å². The smallest absolute Gasteiger partial charge is 0.326 e. The molecule has 0 aliphatic heterocycles. The van der Waals surface area contributed by atoms with Crippen LogP contribution in [-0.2, 0) is 20.9 Å². The number of fused-ring (bicyclic) bond motifs is 1. The second-order valence-electron chi connectivity index (χ2n) is 6.50. The number of imidazole rings is 1. The van der Waals surface area contributed by atoms with Crippen LogP contribution >= 0.6 is 0 Å². The van der Waals surface area contributed by atoms with E-state index in [1.165, 1.54) is 5.56 Å². The third-order valence-corrected chi connectivity index (χ3v) is 4.57. The first-order chi connectivity index (χ1) is 13.1. The fourth-order valence-electron chi connectivity index (χ4n) is 2.79. The molecule has 3 rings (SSSR count). The first kappa shape index (κ1) is 18.6. The van der Waals surface area contributed by atoms with Gasteiger partial charge in [-0.05, 0) is 42.2 Å². The highest BCUT2D eigenvalue weighted by Crippen LogP contribution is 2.20. The van der Waals surface area contributed by atoms with Crippen molar-refractivity contribution in [2.75, 3.05) is 11.9 Å². The van der Waals surface area contributed by atoms with E-state index in [9.17, 15) is 9.59 Å². The van der Waals surface area contributed by atoms with Gasteiger partial charge in [-0.3, -0.25) is 9.59 Å². The molecule has 0 aliphatic carbocycles. The molecular formula is C21H23N3O3. The Hall–Kier alpha value is -3.15. The number of ether oxygens (including phenoxy) is 1. The van der Waals surface area contributed by atoms with Crippen LogP contribution in [0.2, 0.25) is 0 Å². The SMILES string of the molecule is CC[C@@H](C)c1ccc(NC(=O)COC(=O)Cn2cnc3ccccc32)cc1. The monoisotopic (exact) mass is 365 g/mol. The largest absolute Gasteiger partial charge is 0.454 e. The Morgan fingerprint density at radius 2 is 1.89 bits per heavy atom. The number of hydrogen-bond donors (Lipinski definition) is 1. The molecule has 0 saturated carbocycles. The van der Waals surface area contributed by atoms with Gasteiger partial charge in [0.25, 0.3) is 5.91 Å². The Kier molecular flexibility index (Phi) is 5.86. The lowest BCUT2D eigenvalue weighted by atomic mass is 9.99. The molecule has 6 heteroatoms. The van der Waals surface area contributed by atoms with E-state index in [1.54, 1.807) is 10.9 Å². The fourth-order valence-corrected chi connectivity index (χ4v) is 2.79. The molecule has 0 radical (unpaired) electrons. The Morgan fingerprint density at radius 3 is 2.63 bits per heavy atom. The van der Waals surface area contributed by atoms with E-state index in [-0.39, 0.29) is 19.1 Å². The van der Waals surface area contributed by atoms with Gasteiger partial charge in [-0.25, -0.2) is 4.98 Å². The van der Waals surface area contributed by atoms with E-state index in [2.05, 4.69) is 24.1 Å². The Bertz CT molecular complexity index is 931. The van der Waals surface area contributed by atoms with Crippen LogP contribution in [0.25, 0.3) is 11.0 Å². The molecule has 0 saturated heterocycles. The molecule has 1 aromatic heterocycles. The third kappa shape index (κ3) is 4.73. The van der Waals surface area contributed by atoms with E-state index in [4.69, 9.17) is 4.74 Å². The van der Waals surface area contributed by atoms with Crippen molar-refractivity contribution in [1.29, 1.82) is 0 Å². The van der Waals surface area contributed by atoms with Gasteiger partial charge in [0.1, 0.15) is 6.54 Å². The minimum atomic E-state index is -0.486. The van der Waals surface area contributed by atoms with Crippen LogP contribution in [0.1, 0.15) is 31.7 Å². The predicted octanol–water partition coefficient (Wildman–Crippen LogP) is 3.73. The average molecular weight is 365 g/mol. The summed E-state index contributed by atoms with van der Waals surface area (Å²) in [6, 6.07) is 15.2. The number of carbonyl (C=O) groups excluding carboxylic acids is 2. The number of hydrogen-bond acceptors (Lipinski definition) is 4. The molecule has 27 heavy (non-hydrogen) atoms. The third-order valence-electron chi connectivity index (χ3n) is 4.57. The summed E-state index contributed by atoms with van der Waals surface area (Å²) in [6.45, 7) is 3.99. The summed E-state index contributed by atoms with van der Waals surface area (Å²) in [5.41, 5.74) is 3.57. The van der Waals surface area contributed by atoms with Gasteiger partial charge < -0.3 is 14.6 Å². The molecule has 1 atom stereocenters. The first-order valence-corrected chi connectivity index (χ1v) is 9.02. The van der Waals surface area contributed by atoms with Crippen LogP contribution in [-0.4, -0.2) is 28.0 Å². The summed E-state index contributed by atoms with van der Waals surface area (Å²) in [4.78, 5) is 28.2. The zero-order chi connectivity index (χ0) is 19.2. The normalized spacial score (nSPS) is 11.9. The molecule has 1 N–H and O–H groups in total. The molecule has 3 aromatic rings. The number of carbonyl (C=O) groups is 2. The van der Waals surface area contributed by atoms with Crippen molar-refractivity contribution >= 4 is 28.6 Å². The lowest BCUT2D eigenvalue weighted by Crippen LogP contribution is -2.22. The van der Waals surface area contributed by atoms with Crippen LogP contribution < -0.4 is 5.32 Å². The maximum Gasteiger partial charge on any atom is 0.326 e. The Morgan fingerprint density at radius 1 is 1.15 bits per heavy atom. The summed E-state index contributed by atoms with van der Waals surface area (Å²) >= 11 is 0. The van der Waals surface area contributed by atoms with Crippen molar-refractivity contribution in [3.8, 4) is 0 Å². The summed E-state index contributed by atoms with van der Waals surface area (Å²) in [6.07, 6.45) is 2.65. The lowest BCUT2D eigenvalue weighted by molar-refractivity contribution is -0.147. The molecular weight excluding hydrogens is 342 g/mol. The number of rotatable bonds is 7. The summed E-state index contributed by atoms with van der Waals surface area (Å²) in [5, 5.41) is 2.73. The predicted molar refractivity (Wildman–Crippen MR) is 104 cm³/mol. The minimum absolute atomic E-state index is 0.0113. The van der Waals surface area contributed by atoms with Gasteiger partial charge in [-0.15, -0.1) is 0 Å². The first-order valence-electron chi connectivity index (χ1n) is 9.02. The fraction of sp³-hybridized carbons (Fsp3) is 0.286. The van der Waals surface area contributed by atoms with Gasteiger partial charge in [0.15, 0.2) is 6.61 Å². The van der Waals surface area contributed by atoms with Crippen molar-refractivity contribution in [3.05, 3.63) is 60.4 Å². The molecule has 0 unspecified atom stereocenters. The number of para-hydroxylation sites is 2. The van der Waals surface area contributed by atoms with Gasteiger partial charge >= 0.3 is 5.97 Å². The number of amides is 1. The van der Waals surface area contributed by atoms with Crippen molar-refractivity contribution < 1.29 is 14.3 Å². The molecule has 2 aromatic carbocycles. The van der Waals surface area contributed by atoms with Gasteiger partial charge in [0, 0.05) is 5.69 Å². The highest BCUT2D eigenvalue weighted by Gasteiger charge is 2.11. The number of nitrogens with one attached hydrogen (secondary N) is 1. The Balaban J connectivity index is 1.49. The van der Waals surface area contributed by atoms with Crippen molar-refractivity contribution in [2.45, 2.75) is 32.7 Å². The van der Waals surface area contributed by atoms with Crippen LogP contribution in [0, 0.1) is 0 Å². The molecule has 0 spiro atoms. The summed E-state index contributed by atoms with van der Waals surface area (Å²) < 4.78 is 6.78. The number of nitrogens with zero attached hydrogens (tertiary/aromatic N) is 2. The second kappa shape index (κ2) is 8.49. The maximum atomic E-state index is 12.0. The number of anilines is 1. The molecule has 0 bridgehead atoms. The van der Waals surface area contributed by atoms with E-state index < -0.39 is 5.97 Å². The summed E-state index contributed by atoms with van der Waals surface area (Å²) in [7, 11) is 0. The van der Waals surface area contributed by atoms with Crippen molar-refractivity contribution in [3.63, 3.8) is 0 Å². The average Bonchev–Trinajstić information content (AvgIpc) is 3.09. The van der Waals surface area contributed by atoms with E-state index in [0.29, 0.717) is 11.6 Å². The van der Waals surface area contributed by atoms with Crippen LogP contribution in [0.4, 0.5) is 5.69 Å². The van der Waals surface area contributed by atoms with E-state index in [1.807, 2.05) is 48.5 Å². The van der Waals surface area contributed by atoms with E-state index in [0.717, 1.165) is 17.5 Å². The number of esters is 1. The standard InChI is InChI=1S/C21H23N3O3/c1-3-15(2)16-8-10-17(11-9-16)23-20(25)13-27-21(26)12-24-14-22-18-6-4-5-7-19(18)24/h4-11,14-15H,3,12-13H2,1-2H3,(H,23,25)/t15-/m1/s1. The van der Waals surface area contributed by atoms with E-state index >= 15 is 0 Å². The molecule has 1 amide bonds. The molecule has 0 aliphatic rings. The molecule has 1 heterocycles. The van der Waals surface area contributed by atoms with Crippen LogP contribution in [0.15, 0.2) is 54.9 Å². The quantitative estimate of drug-likeness (QED) is 0.648. The van der Waals surface area contributed by atoms with Crippen molar-refractivity contribution in [2.24, 2.45) is 0 Å². The van der Waals surface area contributed by atoms with Gasteiger partial charge in [0.05, 0.1) is 17.4 Å². The zero-order valence-electron chi connectivity index (χ0n) is 15.5. The van der Waals surface area contributed by atoms with Gasteiger partial charge in [0.2, 0.25) is 0 Å². The molecule has 140 valence electrons. The topological polar surface area (TPSA) is 73.2 Å². The van der Waals surface area contributed by atoms with Crippen molar-refractivity contribution in [1.82, 2.24) is 9.55 Å². The van der Waals surface area contributed by atoms with Crippen LogP contribution in [0.5, 0.6) is 0 Å². The number of aromatic nitrogens is 2. The molecule has 0 fully saturated rings. The van der Waals surface area contributed by atoms with Crippen LogP contribution in [0.3, 0.4) is 0 Å². The highest BCUT2D eigenvalue weighted by atomic mass is 16.5. The summed E-state index contributed by atoms with van der Waals surface area (Å²) in [5.74, 6) is -0.370. The van der Waals surface area contributed by atoms with Gasteiger partial charge in [-0.1, -0.05) is 38.1 Å². The zero-order valence-corrected chi connectivity index (χ0v) is 15.5. The maximum absolute atomic E-state index is 12.0. The Labute approximate surface area is 158 Å². The molecule has 6 nitrogen and oxygen atoms in total. The second-order valence-corrected chi connectivity index (χ2v) is 6.50. The number of benzene rings is 2. The lowest BCUT2D eigenvalue weighted by Gasteiger charge is -2.11. The highest BCUT2D eigenvalue weighted by molar-refractivity contribution is 5.92. The minimum Gasteiger partial charge on any atom is -0.454 e.